The van der Waals surface area contributed by atoms with Gasteiger partial charge in [0, 0.05) is 16.8 Å². The molecule has 0 amide bonds. The maximum Gasteiger partial charge on any atom is 0.347 e. The molecule has 1 unspecified atom stereocenters. The zero-order valence-corrected chi connectivity index (χ0v) is 14.7. The summed E-state index contributed by atoms with van der Waals surface area (Å²) >= 11 is 0. The van der Waals surface area contributed by atoms with Gasteiger partial charge in [0.2, 0.25) is 10.0 Å². The van der Waals surface area contributed by atoms with Gasteiger partial charge in [-0.25, -0.2) is 13.6 Å². The van der Waals surface area contributed by atoms with Crippen molar-refractivity contribution in [1.82, 2.24) is 0 Å². The molecule has 1 atom stereocenters. The second-order valence-corrected chi connectivity index (χ2v) is 8.60. The number of nitrogens with one attached hydrogen (secondary N) is 1. The summed E-state index contributed by atoms with van der Waals surface area (Å²) in [6, 6.07) is 6.29. The molecule has 136 valence electrons. The summed E-state index contributed by atoms with van der Waals surface area (Å²) in [5, 5.41) is 19.2. The fourth-order valence-electron chi connectivity index (χ4n) is 2.46. The van der Waals surface area contributed by atoms with Gasteiger partial charge in [0.1, 0.15) is 11.5 Å². The van der Waals surface area contributed by atoms with E-state index in [-0.39, 0.29) is 27.8 Å². The topological polar surface area (TPSA) is 173 Å². The number of primary sulfonamides is 1. The molecule has 0 aliphatic carbocycles. The Morgan fingerprint density at radius 1 is 1.28 bits per heavy atom. The quantitative estimate of drug-likeness (QED) is 0.328. The minimum Gasteiger partial charge on any atom is -0.365 e. The highest BCUT2D eigenvalue weighted by Crippen LogP contribution is 2.45. The Bertz CT molecular complexity index is 987. The van der Waals surface area contributed by atoms with Gasteiger partial charge >= 0.3 is 7.60 Å². The van der Waals surface area contributed by atoms with E-state index in [1.54, 1.807) is 0 Å². The number of fused-ring (bicyclic) bond motifs is 1. The van der Waals surface area contributed by atoms with Gasteiger partial charge in [0.05, 0.1) is 9.82 Å². The van der Waals surface area contributed by atoms with E-state index >= 15 is 0 Å². The Labute approximate surface area is 143 Å². The van der Waals surface area contributed by atoms with Crippen LogP contribution in [0.2, 0.25) is 0 Å². The summed E-state index contributed by atoms with van der Waals surface area (Å²) in [6.45, 7) is 1.50. The standard InChI is InChI=1S/C13H16N3O7PS/c1-2-12(24(19,20)21)15-13-9-4-3-5-11(25(14,22)23)8(9)6-7-10(13)16(17)18/h3-7,12,15H,2H2,1H3,(H2,14,22,23)(H2,19,20,21). The first kappa shape index (κ1) is 19.3. The summed E-state index contributed by atoms with van der Waals surface area (Å²) in [7, 11) is -8.68. The van der Waals surface area contributed by atoms with E-state index in [9.17, 15) is 32.9 Å². The molecule has 0 saturated carbocycles. The summed E-state index contributed by atoms with van der Waals surface area (Å²) < 4.78 is 35.0. The summed E-state index contributed by atoms with van der Waals surface area (Å²) in [6.07, 6.45) is -0.00724. The van der Waals surface area contributed by atoms with Crippen LogP contribution in [0.15, 0.2) is 35.2 Å². The number of nitro groups is 1. The van der Waals surface area contributed by atoms with Gasteiger partial charge in [0.25, 0.3) is 5.69 Å². The number of nitrogens with zero attached hydrogens (tertiary/aromatic N) is 1. The van der Waals surface area contributed by atoms with Crippen molar-refractivity contribution in [3.8, 4) is 0 Å². The van der Waals surface area contributed by atoms with Crippen LogP contribution in [0.3, 0.4) is 0 Å². The molecule has 0 fully saturated rings. The third-order valence-electron chi connectivity index (χ3n) is 3.61. The number of anilines is 1. The maximum absolute atomic E-state index is 11.7. The van der Waals surface area contributed by atoms with Crippen molar-refractivity contribution in [3.05, 3.63) is 40.4 Å². The number of rotatable bonds is 6. The maximum atomic E-state index is 11.7. The molecule has 0 radical (unpaired) electrons. The minimum atomic E-state index is -4.59. The third-order valence-corrected chi connectivity index (χ3v) is 5.88. The molecule has 2 aromatic rings. The predicted molar refractivity (Wildman–Crippen MR) is 91.7 cm³/mol. The number of sulfonamides is 1. The van der Waals surface area contributed by atoms with Crippen molar-refractivity contribution >= 4 is 39.8 Å². The third kappa shape index (κ3) is 3.97. The Kier molecular flexibility index (Phi) is 5.17. The second kappa shape index (κ2) is 6.70. The van der Waals surface area contributed by atoms with Crippen LogP contribution < -0.4 is 10.5 Å². The van der Waals surface area contributed by atoms with E-state index < -0.39 is 34.0 Å². The van der Waals surface area contributed by atoms with E-state index in [1.165, 1.54) is 31.2 Å². The van der Waals surface area contributed by atoms with Crippen LogP contribution in [0.25, 0.3) is 10.8 Å². The Hall–Kier alpha value is -2.04. The molecule has 2 rings (SSSR count). The lowest BCUT2D eigenvalue weighted by Gasteiger charge is -2.20. The first-order valence-corrected chi connectivity index (χ1v) is 10.2. The molecule has 0 aliphatic rings. The van der Waals surface area contributed by atoms with Crippen molar-refractivity contribution in [2.24, 2.45) is 5.14 Å². The molecule has 0 saturated heterocycles. The zero-order valence-electron chi connectivity index (χ0n) is 13.0. The molecule has 10 nitrogen and oxygen atoms in total. The molecule has 25 heavy (non-hydrogen) atoms. The largest absolute Gasteiger partial charge is 0.365 e. The molecular weight excluding hydrogens is 373 g/mol. The van der Waals surface area contributed by atoms with Gasteiger partial charge in [-0.05, 0) is 18.6 Å². The average molecular weight is 389 g/mol. The molecule has 0 heterocycles. The Balaban J connectivity index is 2.81. The fraction of sp³-hybridized carbons (Fsp3) is 0.231. The van der Waals surface area contributed by atoms with E-state index in [2.05, 4.69) is 5.32 Å². The normalized spacial score (nSPS) is 13.6. The van der Waals surface area contributed by atoms with Gasteiger partial charge in [-0.15, -0.1) is 0 Å². The fourth-order valence-corrected chi connectivity index (χ4v) is 3.99. The lowest BCUT2D eigenvalue weighted by Crippen LogP contribution is -2.20. The molecule has 0 aromatic heterocycles. The van der Waals surface area contributed by atoms with Crippen LogP contribution in [-0.4, -0.2) is 28.9 Å². The first-order valence-electron chi connectivity index (χ1n) is 7.01. The molecular formula is C13H16N3O7PS. The lowest BCUT2D eigenvalue weighted by atomic mass is 10.1. The lowest BCUT2D eigenvalue weighted by molar-refractivity contribution is -0.383. The van der Waals surface area contributed by atoms with Crippen LogP contribution in [0.1, 0.15) is 13.3 Å². The highest BCUT2D eigenvalue weighted by Gasteiger charge is 2.30. The summed E-state index contributed by atoms with van der Waals surface area (Å²) in [5.74, 6) is -1.37. The first-order chi connectivity index (χ1) is 11.5. The van der Waals surface area contributed by atoms with Crippen molar-refractivity contribution in [3.63, 3.8) is 0 Å². The number of nitro benzene ring substituents is 1. The van der Waals surface area contributed by atoms with Crippen LogP contribution in [0, 0.1) is 10.1 Å². The predicted octanol–water partition coefficient (Wildman–Crippen LogP) is 1.72. The molecule has 0 spiro atoms. The van der Waals surface area contributed by atoms with E-state index in [0.29, 0.717) is 0 Å². The average Bonchev–Trinajstić information content (AvgIpc) is 2.49. The molecule has 12 heteroatoms. The van der Waals surface area contributed by atoms with Crippen molar-refractivity contribution in [1.29, 1.82) is 0 Å². The molecule has 5 N–H and O–H groups in total. The van der Waals surface area contributed by atoms with E-state index in [4.69, 9.17) is 5.14 Å². The van der Waals surface area contributed by atoms with Gasteiger partial charge in [-0.2, -0.15) is 0 Å². The van der Waals surface area contributed by atoms with Gasteiger partial charge < -0.3 is 15.1 Å². The summed E-state index contributed by atoms with van der Waals surface area (Å²) in [4.78, 5) is 29.1. The van der Waals surface area contributed by atoms with Crippen LogP contribution >= 0.6 is 7.60 Å². The zero-order chi connectivity index (χ0) is 19.0. The van der Waals surface area contributed by atoms with Gasteiger partial charge in [-0.3, -0.25) is 14.7 Å². The van der Waals surface area contributed by atoms with Gasteiger partial charge in [-0.1, -0.05) is 19.1 Å². The SMILES string of the molecule is CCC(Nc1c([N+](=O)[O-])ccc2c(S(N)(=O)=O)cccc12)P(=O)(O)O. The monoisotopic (exact) mass is 389 g/mol. The van der Waals surface area contributed by atoms with E-state index in [0.717, 1.165) is 6.07 Å². The van der Waals surface area contributed by atoms with Crippen molar-refractivity contribution in [2.45, 2.75) is 24.0 Å². The van der Waals surface area contributed by atoms with E-state index in [1.807, 2.05) is 0 Å². The Morgan fingerprint density at radius 2 is 1.92 bits per heavy atom. The van der Waals surface area contributed by atoms with Crippen LogP contribution in [0.5, 0.6) is 0 Å². The van der Waals surface area contributed by atoms with Crippen molar-refractivity contribution < 1.29 is 27.7 Å². The van der Waals surface area contributed by atoms with Crippen LogP contribution in [0.4, 0.5) is 11.4 Å². The number of hydrogen-bond acceptors (Lipinski definition) is 6. The number of benzene rings is 2. The smallest absolute Gasteiger partial charge is 0.347 e. The molecule has 0 bridgehead atoms. The Morgan fingerprint density at radius 3 is 2.40 bits per heavy atom. The second-order valence-electron chi connectivity index (χ2n) is 5.27. The van der Waals surface area contributed by atoms with Gasteiger partial charge in [0.15, 0.2) is 0 Å². The molecule has 0 aliphatic heterocycles. The molecule has 2 aromatic carbocycles. The summed E-state index contributed by atoms with van der Waals surface area (Å²) in [5.41, 5.74) is -0.617. The van der Waals surface area contributed by atoms with Crippen molar-refractivity contribution in [2.75, 3.05) is 5.32 Å². The number of nitrogens with two attached hydrogens (primary N) is 1. The highest BCUT2D eigenvalue weighted by molar-refractivity contribution is 7.89. The van der Waals surface area contributed by atoms with Crippen LogP contribution in [-0.2, 0) is 14.6 Å². The highest BCUT2D eigenvalue weighted by atomic mass is 32.2. The number of hydrogen-bond donors (Lipinski definition) is 4. The minimum absolute atomic E-state index is 0.00724.